The highest BCUT2D eigenvalue weighted by atomic mass is 79.9. The third kappa shape index (κ3) is 4.92. The molecule has 11 heteroatoms. The fourth-order valence-corrected chi connectivity index (χ4v) is 4.59. The first kappa shape index (κ1) is 23.5. The number of fused-ring (bicyclic) bond motifs is 2. The summed E-state index contributed by atoms with van der Waals surface area (Å²) >= 11 is 9.35. The number of nitrogens with one attached hydrogen (secondary N) is 1. The lowest BCUT2D eigenvalue weighted by Crippen LogP contribution is -2.56. The monoisotopic (exact) mass is 552 g/mol. The van der Waals surface area contributed by atoms with E-state index in [4.69, 9.17) is 30.5 Å². The second-order valence-corrected chi connectivity index (χ2v) is 9.37. The van der Waals surface area contributed by atoms with E-state index in [0.29, 0.717) is 63.6 Å². The van der Waals surface area contributed by atoms with Gasteiger partial charge in [-0.05, 0) is 34.1 Å². The van der Waals surface area contributed by atoms with Gasteiger partial charge >= 0.3 is 0 Å². The average molecular weight is 554 g/mol. The maximum absolute atomic E-state index is 14.4. The molecule has 5 rings (SSSR count). The minimum atomic E-state index is -0.468. The topological polar surface area (TPSA) is 78.0 Å². The van der Waals surface area contributed by atoms with Crippen molar-refractivity contribution in [3.8, 4) is 11.5 Å². The van der Waals surface area contributed by atoms with Crippen molar-refractivity contribution in [2.24, 2.45) is 0 Å². The number of ether oxygens (including phenoxy) is 4. The SMILES string of the molecule is COc1cc2c(Nc3cc(Cl)c(Br)cc3F)ncnc2cc1OC[C@@H]1CN2CCOC[C@H]2CO1. The van der Waals surface area contributed by atoms with Crippen molar-refractivity contribution in [3.63, 3.8) is 0 Å². The third-order valence-corrected chi connectivity index (χ3v) is 7.12. The quantitative estimate of drug-likeness (QED) is 0.450. The van der Waals surface area contributed by atoms with Crippen LogP contribution in [0.5, 0.6) is 11.5 Å². The predicted molar refractivity (Wildman–Crippen MR) is 130 cm³/mol. The Morgan fingerprint density at radius 1 is 1.24 bits per heavy atom. The lowest BCUT2D eigenvalue weighted by atomic mass is 10.1. The fraction of sp³-hybridized carbons (Fsp3) is 0.391. The van der Waals surface area contributed by atoms with Crippen LogP contribution in [0.4, 0.5) is 15.9 Å². The molecule has 0 saturated carbocycles. The van der Waals surface area contributed by atoms with Crippen LogP contribution in [-0.4, -0.2) is 73.6 Å². The highest BCUT2D eigenvalue weighted by molar-refractivity contribution is 9.10. The standard InChI is InChI=1S/C23H23BrClFN4O4/c1-31-21-4-15-19(27-12-28-23(15)29-20-6-17(25)16(24)5-18(20)26)7-22(21)34-11-14-8-30-2-3-32-9-13(30)10-33-14/h4-7,12-14H,2-3,8-11H2,1H3,(H,27,28,29)/t13-,14-/m0/s1. The molecule has 0 amide bonds. The van der Waals surface area contributed by atoms with Gasteiger partial charge in [0.25, 0.3) is 0 Å². The van der Waals surface area contributed by atoms with Crippen molar-refractivity contribution in [2.75, 3.05) is 51.9 Å². The maximum atomic E-state index is 14.4. The summed E-state index contributed by atoms with van der Waals surface area (Å²) in [7, 11) is 1.56. The van der Waals surface area contributed by atoms with Gasteiger partial charge in [-0.15, -0.1) is 0 Å². The molecule has 3 heterocycles. The van der Waals surface area contributed by atoms with Crippen molar-refractivity contribution in [1.82, 2.24) is 14.9 Å². The average Bonchev–Trinajstić information content (AvgIpc) is 2.85. The van der Waals surface area contributed by atoms with Crippen LogP contribution in [0.3, 0.4) is 0 Å². The van der Waals surface area contributed by atoms with E-state index in [9.17, 15) is 4.39 Å². The molecule has 0 unspecified atom stereocenters. The number of aromatic nitrogens is 2. The maximum Gasteiger partial charge on any atom is 0.163 e. The summed E-state index contributed by atoms with van der Waals surface area (Å²) in [5, 5.41) is 4.03. The van der Waals surface area contributed by atoms with Gasteiger partial charge in [0.05, 0.1) is 49.2 Å². The summed E-state index contributed by atoms with van der Waals surface area (Å²) < 4.78 is 38.1. The smallest absolute Gasteiger partial charge is 0.163 e. The minimum absolute atomic E-state index is 0.0532. The van der Waals surface area contributed by atoms with E-state index in [-0.39, 0.29) is 11.8 Å². The molecule has 0 bridgehead atoms. The van der Waals surface area contributed by atoms with Crippen LogP contribution < -0.4 is 14.8 Å². The number of halogens is 3. The van der Waals surface area contributed by atoms with Crippen molar-refractivity contribution in [3.05, 3.63) is 45.9 Å². The van der Waals surface area contributed by atoms with Crippen molar-refractivity contribution < 1.29 is 23.3 Å². The van der Waals surface area contributed by atoms with Gasteiger partial charge in [0.15, 0.2) is 11.5 Å². The van der Waals surface area contributed by atoms with E-state index in [2.05, 4.69) is 36.1 Å². The zero-order valence-electron chi connectivity index (χ0n) is 18.4. The third-order valence-electron chi connectivity index (χ3n) is 5.92. The summed E-state index contributed by atoms with van der Waals surface area (Å²) in [6.07, 6.45) is 1.35. The molecule has 34 heavy (non-hydrogen) atoms. The highest BCUT2D eigenvalue weighted by Crippen LogP contribution is 2.36. The minimum Gasteiger partial charge on any atom is -0.493 e. The Hall–Kier alpha value is -2.24. The van der Waals surface area contributed by atoms with Gasteiger partial charge in [-0.1, -0.05) is 11.6 Å². The van der Waals surface area contributed by atoms with Gasteiger partial charge in [0, 0.05) is 29.0 Å². The Bertz CT molecular complexity index is 1200. The lowest BCUT2D eigenvalue weighted by Gasteiger charge is -2.41. The summed E-state index contributed by atoms with van der Waals surface area (Å²) in [5.41, 5.74) is 0.818. The second-order valence-electron chi connectivity index (χ2n) is 8.10. The molecule has 3 aromatic rings. The Balaban J connectivity index is 1.36. The number of hydrogen-bond donors (Lipinski definition) is 1. The van der Waals surface area contributed by atoms with Crippen LogP contribution in [0.25, 0.3) is 10.9 Å². The summed E-state index contributed by atoms with van der Waals surface area (Å²) in [4.78, 5) is 11.0. The number of methoxy groups -OCH3 is 1. The summed E-state index contributed by atoms with van der Waals surface area (Å²) in [5.74, 6) is 1.01. The van der Waals surface area contributed by atoms with E-state index in [1.807, 2.05) is 0 Å². The number of anilines is 2. The Labute approximate surface area is 209 Å². The van der Waals surface area contributed by atoms with Crippen molar-refractivity contribution in [1.29, 1.82) is 0 Å². The molecule has 2 atom stereocenters. The molecular weight excluding hydrogens is 531 g/mol. The van der Waals surface area contributed by atoms with Gasteiger partial charge in [-0.3, -0.25) is 4.90 Å². The molecular formula is C23H23BrClFN4O4. The van der Waals surface area contributed by atoms with Crippen LogP contribution in [-0.2, 0) is 9.47 Å². The number of benzene rings is 2. The zero-order valence-corrected chi connectivity index (χ0v) is 20.7. The van der Waals surface area contributed by atoms with Gasteiger partial charge in [-0.2, -0.15) is 0 Å². The molecule has 2 aliphatic rings. The number of morpholine rings is 2. The lowest BCUT2D eigenvalue weighted by molar-refractivity contribution is -0.124. The van der Waals surface area contributed by atoms with Crippen molar-refractivity contribution >= 4 is 49.9 Å². The number of nitrogens with zero attached hydrogens (tertiary/aromatic N) is 3. The molecule has 1 aromatic heterocycles. The fourth-order valence-electron chi connectivity index (χ4n) is 4.11. The van der Waals surface area contributed by atoms with Crippen LogP contribution in [0.1, 0.15) is 0 Å². The van der Waals surface area contributed by atoms with E-state index in [1.165, 1.54) is 18.5 Å². The van der Waals surface area contributed by atoms with E-state index in [0.717, 1.165) is 19.7 Å². The molecule has 1 N–H and O–H groups in total. The van der Waals surface area contributed by atoms with E-state index in [1.54, 1.807) is 19.2 Å². The normalized spacial score (nSPS) is 20.7. The summed E-state index contributed by atoms with van der Waals surface area (Å²) in [6.45, 7) is 4.15. The first-order valence-electron chi connectivity index (χ1n) is 10.8. The Morgan fingerprint density at radius 2 is 2.12 bits per heavy atom. The van der Waals surface area contributed by atoms with Crippen LogP contribution in [0, 0.1) is 5.82 Å². The van der Waals surface area contributed by atoms with E-state index >= 15 is 0 Å². The van der Waals surface area contributed by atoms with Gasteiger partial charge in [0.1, 0.15) is 30.7 Å². The number of rotatable bonds is 6. The van der Waals surface area contributed by atoms with Gasteiger partial charge in [0.2, 0.25) is 0 Å². The second kappa shape index (κ2) is 10.2. The molecule has 8 nitrogen and oxygen atoms in total. The molecule has 180 valence electrons. The summed E-state index contributed by atoms with van der Waals surface area (Å²) in [6, 6.07) is 6.66. The zero-order chi connectivity index (χ0) is 23.7. The molecule has 2 aliphatic heterocycles. The first-order valence-corrected chi connectivity index (χ1v) is 12.0. The largest absolute Gasteiger partial charge is 0.493 e. The molecule has 0 radical (unpaired) electrons. The van der Waals surface area contributed by atoms with Gasteiger partial charge < -0.3 is 24.3 Å². The molecule has 2 fully saturated rings. The van der Waals surface area contributed by atoms with Crippen molar-refractivity contribution in [2.45, 2.75) is 12.1 Å². The molecule has 2 aromatic carbocycles. The molecule has 0 spiro atoms. The van der Waals surface area contributed by atoms with Crippen LogP contribution in [0.15, 0.2) is 35.1 Å². The van der Waals surface area contributed by atoms with Gasteiger partial charge in [-0.25, -0.2) is 14.4 Å². The first-order chi connectivity index (χ1) is 16.5. The van der Waals surface area contributed by atoms with E-state index < -0.39 is 5.82 Å². The molecule has 2 saturated heterocycles. The Morgan fingerprint density at radius 3 is 2.97 bits per heavy atom. The molecule has 0 aliphatic carbocycles. The highest BCUT2D eigenvalue weighted by Gasteiger charge is 2.31. The Kier molecular flexibility index (Phi) is 7.03. The van der Waals surface area contributed by atoms with Crippen LogP contribution >= 0.6 is 27.5 Å². The predicted octanol–water partition coefficient (Wildman–Crippen LogP) is 4.42. The van der Waals surface area contributed by atoms with Crippen LogP contribution in [0.2, 0.25) is 5.02 Å². The number of hydrogen-bond acceptors (Lipinski definition) is 8.